The molecule has 0 bridgehead atoms. The maximum Gasteiger partial charge on any atom is 0.243 e. The highest BCUT2D eigenvalue weighted by atomic mass is 19.2. The van der Waals surface area contributed by atoms with E-state index in [9.17, 15) is 22.4 Å². The molecular weight excluding hydrogens is 487 g/mol. The van der Waals surface area contributed by atoms with Crippen LogP contribution in [0.15, 0.2) is 43.2 Å². The molecule has 0 aliphatic heterocycles. The summed E-state index contributed by atoms with van der Waals surface area (Å²) < 4.78 is 76.2. The molecular formula is C23H17F5N6O2. The van der Waals surface area contributed by atoms with Gasteiger partial charge in [0.15, 0.2) is 17.3 Å². The van der Waals surface area contributed by atoms with Gasteiger partial charge in [0.05, 0.1) is 11.9 Å². The van der Waals surface area contributed by atoms with Crippen molar-refractivity contribution in [3.8, 4) is 22.8 Å². The Morgan fingerprint density at radius 2 is 1.83 bits per heavy atom. The van der Waals surface area contributed by atoms with Crippen molar-refractivity contribution in [1.82, 2.24) is 25.1 Å². The number of halogens is 5. The van der Waals surface area contributed by atoms with E-state index in [1.807, 2.05) is 0 Å². The van der Waals surface area contributed by atoms with Crippen molar-refractivity contribution in [2.45, 2.75) is 19.5 Å². The lowest BCUT2D eigenvalue weighted by Crippen LogP contribution is -2.34. The number of hydrogen-bond acceptors (Lipinski definition) is 6. The molecule has 1 amide bonds. The van der Waals surface area contributed by atoms with E-state index in [-0.39, 0.29) is 40.7 Å². The first-order valence-electron chi connectivity index (χ1n) is 10.3. The number of rotatable bonds is 7. The lowest BCUT2D eigenvalue weighted by Gasteiger charge is -2.12. The fraction of sp³-hybridized carbons (Fsp3) is 0.130. The molecule has 0 saturated heterocycles. The van der Waals surface area contributed by atoms with E-state index in [2.05, 4.69) is 27.0 Å². The van der Waals surface area contributed by atoms with Crippen LogP contribution in [0.2, 0.25) is 0 Å². The number of hydrogen-bond donors (Lipinski definition) is 2. The van der Waals surface area contributed by atoms with E-state index in [1.165, 1.54) is 17.1 Å². The average Bonchev–Trinajstić information content (AvgIpc) is 3.19. The largest absolute Gasteiger partial charge is 0.451 e. The van der Waals surface area contributed by atoms with Crippen molar-refractivity contribution >= 4 is 22.8 Å². The van der Waals surface area contributed by atoms with E-state index in [0.717, 1.165) is 18.2 Å². The highest BCUT2D eigenvalue weighted by Gasteiger charge is 2.24. The van der Waals surface area contributed by atoms with Crippen LogP contribution in [0.5, 0.6) is 11.5 Å². The topological polar surface area (TPSA) is 108 Å². The van der Waals surface area contributed by atoms with Crippen LogP contribution in [0.25, 0.3) is 22.3 Å². The first kappa shape index (κ1) is 24.6. The van der Waals surface area contributed by atoms with Crippen molar-refractivity contribution < 1.29 is 31.5 Å². The number of carbonyl (C=O) groups excluding carboxylic acids is 1. The minimum absolute atomic E-state index is 0.00290. The van der Waals surface area contributed by atoms with Crippen LogP contribution < -0.4 is 15.8 Å². The Kier molecular flexibility index (Phi) is 6.55. The van der Waals surface area contributed by atoms with Crippen molar-refractivity contribution in [2.24, 2.45) is 0 Å². The lowest BCUT2D eigenvalue weighted by molar-refractivity contribution is -0.117. The molecule has 0 fully saturated rings. The predicted octanol–water partition coefficient (Wildman–Crippen LogP) is 4.25. The van der Waals surface area contributed by atoms with Gasteiger partial charge in [0.2, 0.25) is 23.3 Å². The van der Waals surface area contributed by atoms with Gasteiger partial charge < -0.3 is 15.8 Å². The minimum Gasteiger partial charge on any atom is -0.451 e. The zero-order chi connectivity index (χ0) is 26.1. The third-order valence-corrected chi connectivity index (χ3v) is 5.07. The quantitative estimate of drug-likeness (QED) is 0.221. The van der Waals surface area contributed by atoms with Gasteiger partial charge in [0.25, 0.3) is 0 Å². The Morgan fingerprint density at radius 3 is 2.47 bits per heavy atom. The zero-order valence-corrected chi connectivity index (χ0v) is 18.5. The molecule has 186 valence electrons. The maximum atomic E-state index is 15.1. The Morgan fingerprint density at radius 1 is 1.14 bits per heavy atom. The number of anilines is 1. The fourth-order valence-electron chi connectivity index (χ4n) is 3.46. The minimum atomic E-state index is -1.77. The molecule has 4 aromatic rings. The Labute approximate surface area is 200 Å². The number of benzene rings is 2. The first-order chi connectivity index (χ1) is 17.1. The van der Waals surface area contributed by atoms with Crippen LogP contribution in [-0.2, 0) is 11.3 Å². The number of nitrogens with one attached hydrogen (secondary N) is 1. The lowest BCUT2D eigenvalue weighted by atomic mass is 10.1. The number of nitrogens with zero attached hydrogens (tertiary/aromatic N) is 4. The second kappa shape index (κ2) is 9.60. The summed E-state index contributed by atoms with van der Waals surface area (Å²) in [5.41, 5.74) is 6.21. The summed E-state index contributed by atoms with van der Waals surface area (Å²) in [6.45, 7) is 5.23. The van der Waals surface area contributed by atoms with Gasteiger partial charge in [0, 0.05) is 23.7 Å². The molecule has 8 nitrogen and oxygen atoms in total. The van der Waals surface area contributed by atoms with Gasteiger partial charge in [-0.05, 0) is 25.1 Å². The van der Waals surface area contributed by atoms with Gasteiger partial charge in [-0.15, -0.1) is 0 Å². The second-order valence-electron chi connectivity index (χ2n) is 7.64. The molecule has 3 N–H and O–H groups in total. The molecule has 0 aliphatic rings. The number of fused-ring (bicyclic) bond motifs is 1. The van der Waals surface area contributed by atoms with Gasteiger partial charge in [-0.1, -0.05) is 6.58 Å². The number of ether oxygens (including phenoxy) is 1. The third-order valence-electron chi connectivity index (χ3n) is 5.07. The summed E-state index contributed by atoms with van der Waals surface area (Å²) in [6, 6.07) is 2.67. The molecule has 1 atom stereocenters. The zero-order valence-electron chi connectivity index (χ0n) is 18.5. The maximum absolute atomic E-state index is 15.1. The molecule has 4 rings (SSSR count). The highest BCUT2D eigenvalue weighted by Crippen LogP contribution is 2.36. The normalized spacial score (nSPS) is 11.9. The molecule has 0 aliphatic carbocycles. The Hall–Kier alpha value is -4.55. The van der Waals surface area contributed by atoms with Gasteiger partial charge in [0.1, 0.15) is 29.4 Å². The van der Waals surface area contributed by atoms with E-state index < -0.39 is 52.5 Å². The number of carbonyl (C=O) groups is 1. The summed E-state index contributed by atoms with van der Waals surface area (Å²) in [5, 5.41) is 7.26. The third kappa shape index (κ3) is 4.54. The number of nitrogens with two attached hydrogens (primary N) is 1. The summed E-state index contributed by atoms with van der Waals surface area (Å²) >= 11 is 0. The van der Waals surface area contributed by atoms with Crippen molar-refractivity contribution in [1.29, 1.82) is 0 Å². The van der Waals surface area contributed by atoms with Crippen molar-refractivity contribution in [3.63, 3.8) is 0 Å². The fourth-order valence-corrected chi connectivity index (χ4v) is 3.46. The van der Waals surface area contributed by atoms with Gasteiger partial charge in [-0.25, -0.2) is 27.8 Å². The van der Waals surface area contributed by atoms with Crippen LogP contribution in [0.1, 0.15) is 6.92 Å². The molecule has 0 radical (unpaired) electrons. The summed E-state index contributed by atoms with van der Waals surface area (Å²) in [4.78, 5) is 19.7. The highest BCUT2D eigenvalue weighted by molar-refractivity contribution is 5.98. The predicted molar refractivity (Wildman–Crippen MR) is 119 cm³/mol. The second-order valence-corrected chi connectivity index (χ2v) is 7.64. The molecule has 0 spiro atoms. The van der Waals surface area contributed by atoms with Crippen molar-refractivity contribution in [2.75, 3.05) is 5.73 Å². The van der Waals surface area contributed by atoms with Crippen LogP contribution in [0.3, 0.4) is 0 Å². The summed E-state index contributed by atoms with van der Waals surface area (Å²) in [6.07, 6.45) is 2.30. The molecule has 2 aromatic carbocycles. The van der Waals surface area contributed by atoms with Crippen LogP contribution in [0, 0.1) is 29.1 Å². The van der Waals surface area contributed by atoms with Gasteiger partial charge in [-0.2, -0.15) is 13.9 Å². The molecule has 2 heterocycles. The van der Waals surface area contributed by atoms with E-state index in [4.69, 9.17) is 10.5 Å². The van der Waals surface area contributed by atoms with Crippen LogP contribution in [-0.4, -0.2) is 31.7 Å². The van der Waals surface area contributed by atoms with E-state index in [0.29, 0.717) is 0 Å². The average molecular weight is 504 g/mol. The first-order valence-corrected chi connectivity index (χ1v) is 10.3. The summed E-state index contributed by atoms with van der Waals surface area (Å²) in [5.74, 6) is -10.0. The Balaban J connectivity index is 1.73. The molecule has 13 heteroatoms. The van der Waals surface area contributed by atoms with Gasteiger partial charge in [-0.3, -0.25) is 4.79 Å². The Bertz CT molecular complexity index is 1480. The number of amides is 1. The van der Waals surface area contributed by atoms with E-state index in [1.54, 1.807) is 6.92 Å². The molecule has 1 unspecified atom stereocenters. The number of aromatic nitrogens is 4. The number of nitrogen functional groups attached to an aromatic ring is 1. The standard InChI is InChI=1S/C23H17F5N6O2/c1-3-16(35)32-10(2)8-34-23-17(22(29)30-9-31-23)20(33-34)12-5-4-11(6-13(12)24)36-21-18(27)14(25)7-15(26)19(21)28/h3-7,9-10H,1,8H2,2H3,(H,32,35)(H2,29,30,31). The summed E-state index contributed by atoms with van der Waals surface area (Å²) in [7, 11) is 0. The monoisotopic (exact) mass is 504 g/mol. The van der Waals surface area contributed by atoms with Crippen molar-refractivity contribution in [3.05, 3.63) is 72.3 Å². The molecule has 0 saturated carbocycles. The smallest absolute Gasteiger partial charge is 0.243 e. The van der Waals surface area contributed by atoms with E-state index >= 15 is 4.39 Å². The van der Waals surface area contributed by atoms with Crippen LogP contribution in [0.4, 0.5) is 27.8 Å². The molecule has 36 heavy (non-hydrogen) atoms. The van der Waals surface area contributed by atoms with Crippen LogP contribution >= 0.6 is 0 Å². The van der Waals surface area contributed by atoms with Gasteiger partial charge >= 0.3 is 0 Å². The SMILES string of the molecule is C=CC(=O)NC(C)Cn1nc(-c2ccc(Oc3c(F)c(F)cc(F)c3F)cc2F)c2c(N)ncnc21. The molecule has 2 aromatic heterocycles.